The molecule has 2 aliphatic heterocycles. The number of nitrogens with one attached hydrogen (secondary N) is 3. The Kier molecular flexibility index (Phi) is 6.44. The molecule has 0 radical (unpaired) electrons. The average molecular weight is 548 g/mol. The Bertz CT molecular complexity index is 1470. The second kappa shape index (κ2) is 9.63. The zero-order valence-corrected chi connectivity index (χ0v) is 20.4. The predicted molar refractivity (Wildman–Crippen MR) is 129 cm³/mol. The number of nitrogens with zero attached hydrogens (tertiary/aromatic N) is 5. The smallest absolute Gasteiger partial charge is 0.416 e. The third kappa shape index (κ3) is 4.86. The number of aromatic nitrogens is 3. The summed E-state index contributed by atoms with van der Waals surface area (Å²) in [5.41, 5.74) is -0.842. The van der Waals surface area contributed by atoms with Crippen LogP contribution in [0.3, 0.4) is 0 Å². The van der Waals surface area contributed by atoms with Gasteiger partial charge in [0.2, 0.25) is 5.88 Å². The first kappa shape index (κ1) is 26.1. The van der Waals surface area contributed by atoms with E-state index in [0.717, 1.165) is 6.20 Å². The summed E-state index contributed by atoms with van der Waals surface area (Å²) in [5, 5.41) is 8.58. The Hall–Kier alpha value is -4.56. The maximum Gasteiger partial charge on any atom is 0.434 e. The van der Waals surface area contributed by atoms with Crippen LogP contribution in [0.5, 0.6) is 5.88 Å². The van der Waals surface area contributed by atoms with Crippen molar-refractivity contribution < 1.29 is 31.5 Å². The number of halogens is 5. The highest BCUT2D eigenvalue weighted by molar-refractivity contribution is 6.16. The van der Waals surface area contributed by atoms with Crippen LogP contribution in [0.1, 0.15) is 16.8 Å². The molecule has 5 rings (SSSR count). The lowest BCUT2D eigenvalue weighted by molar-refractivity contribution is -0.140. The number of pyridine rings is 1. The lowest BCUT2D eigenvalue weighted by Gasteiger charge is -2.38. The molecular formula is C24H21F5N8O2. The highest BCUT2D eigenvalue weighted by atomic mass is 19.4. The molecule has 10 nitrogen and oxygen atoms in total. The quantitative estimate of drug-likeness (QED) is 0.410. The molecule has 2 aliphatic rings. The number of imidazole rings is 1. The van der Waals surface area contributed by atoms with Gasteiger partial charge in [-0.1, -0.05) is 24.3 Å². The Morgan fingerprint density at radius 2 is 1.95 bits per heavy atom. The van der Waals surface area contributed by atoms with Crippen molar-refractivity contribution in [3.8, 4) is 17.3 Å². The topological polar surface area (TPSA) is 118 Å². The number of hydrogen-bond donors (Lipinski definition) is 3. The highest BCUT2D eigenvalue weighted by Gasteiger charge is 2.53. The largest absolute Gasteiger partial charge is 0.434 e. The third-order valence-corrected chi connectivity index (χ3v) is 6.30. The SMILES string of the molecule is CN=C1NC(c2cccnc2OC(F)F)=NC2NC(=O)NC12Cc1ccc(-c2nc(C(F)(F)F)cn2C)cc1. The van der Waals surface area contributed by atoms with Crippen LogP contribution in [0.4, 0.5) is 26.7 Å². The highest BCUT2D eigenvalue weighted by Crippen LogP contribution is 2.32. The first-order chi connectivity index (χ1) is 18.5. The van der Waals surface area contributed by atoms with Crippen LogP contribution in [0.15, 0.2) is 58.8 Å². The summed E-state index contributed by atoms with van der Waals surface area (Å²) in [6.07, 6.45) is -3.05. The maximum atomic E-state index is 13.1. The molecule has 2 aromatic heterocycles. The number of amidine groups is 2. The summed E-state index contributed by atoms with van der Waals surface area (Å²) in [4.78, 5) is 28.9. The molecule has 0 spiro atoms. The van der Waals surface area contributed by atoms with Crippen LogP contribution >= 0.6 is 0 Å². The van der Waals surface area contributed by atoms with E-state index in [9.17, 15) is 26.7 Å². The molecule has 204 valence electrons. The van der Waals surface area contributed by atoms with E-state index in [1.165, 1.54) is 37.0 Å². The zero-order chi connectivity index (χ0) is 27.9. The van der Waals surface area contributed by atoms with Gasteiger partial charge in [0.25, 0.3) is 0 Å². The van der Waals surface area contributed by atoms with Gasteiger partial charge in [0.1, 0.15) is 23.0 Å². The second-order valence-corrected chi connectivity index (χ2v) is 8.81. The first-order valence-corrected chi connectivity index (χ1v) is 11.5. The average Bonchev–Trinajstić information content (AvgIpc) is 3.43. The van der Waals surface area contributed by atoms with Gasteiger partial charge in [0.05, 0.1) is 5.56 Å². The van der Waals surface area contributed by atoms with E-state index in [4.69, 9.17) is 0 Å². The number of rotatable bonds is 6. The van der Waals surface area contributed by atoms with E-state index in [2.05, 4.69) is 40.6 Å². The molecule has 3 N–H and O–H groups in total. The fraction of sp³-hybridized carbons (Fsp3) is 0.292. The van der Waals surface area contributed by atoms with Crippen molar-refractivity contribution >= 4 is 17.7 Å². The van der Waals surface area contributed by atoms with Gasteiger partial charge in [-0.15, -0.1) is 0 Å². The number of amides is 2. The fourth-order valence-corrected chi connectivity index (χ4v) is 4.60. The molecule has 0 aliphatic carbocycles. The number of carbonyl (C=O) groups is 1. The van der Waals surface area contributed by atoms with E-state index >= 15 is 0 Å². The molecule has 1 fully saturated rings. The number of ether oxygens (including phenoxy) is 1. The van der Waals surface area contributed by atoms with Crippen LogP contribution in [-0.2, 0) is 19.6 Å². The van der Waals surface area contributed by atoms with Gasteiger partial charge in [0, 0.05) is 38.5 Å². The molecule has 2 amide bonds. The maximum absolute atomic E-state index is 13.1. The van der Waals surface area contributed by atoms with Crippen LogP contribution in [-0.4, -0.2) is 57.6 Å². The van der Waals surface area contributed by atoms with Crippen LogP contribution in [0.2, 0.25) is 0 Å². The third-order valence-electron chi connectivity index (χ3n) is 6.30. The summed E-state index contributed by atoms with van der Waals surface area (Å²) in [6.45, 7) is -3.11. The van der Waals surface area contributed by atoms with E-state index < -0.39 is 36.2 Å². The number of aryl methyl sites for hydroxylation is 1. The van der Waals surface area contributed by atoms with E-state index in [1.54, 1.807) is 24.3 Å². The summed E-state index contributed by atoms with van der Waals surface area (Å²) in [7, 11) is 2.97. The number of benzene rings is 1. The zero-order valence-electron chi connectivity index (χ0n) is 20.4. The minimum atomic E-state index is -4.57. The first-order valence-electron chi connectivity index (χ1n) is 11.5. The molecule has 4 heterocycles. The van der Waals surface area contributed by atoms with Gasteiger partial charge in [-0.2, -0.15) is 22.0 Å². The summed E-state index contributed by atoms with van der Waals surface area (Å²) >= 11 is 0. The van der Waals surface area contributed by atoms with Gasteiger partial charge in [-0.3, -0.25) is 4.99 Å². The van der Waals surface area contributed by atoms with Gasteiger partial charge >= 0.3 is 18.8 Å². The molecule has 3 aromatic rings. The monoisotopic (exact) mass is 548 g/mol. The summed E-state index contributed by atoms with van der Waals surface area (Å²) in [5.74, 6) is 0.209. The van der Waals surface area contributed by atoms with Crippen molar-refractivity contribution in [1.29, 1.82) is 0 Å². The molecule has 0 saturated carbocycles. The molecule has 1 aromatic carbocycles. The Labute approximate surface area is 218 Å². The lowest BCUT2D eigenvalue weighted by atomic mass is 9.85. The number of aliphatic imine (C=N–C) groups is 2. The number of fused-ring (bicyclic) bond motifs is 1. The molecule has 1 saturated heterocycles. The van der Waals surface area contributed by atoms with Gasteiger partial charge in [0.15, 0.2) is 11.9 Å². The number of carbonyl (C=O) groups excluding carboxylic acids is 1. The number of hydrogen-bond acceptors (Lipinski definition) is 6. The molecular weight excluding hydrogens is 527 g/mol. The Balaban J connectivity index is 1.46. The van der Waals surface area contributed by atoms with Crippen molar-refractivity contribution in [1.82, 2.24) is 30.5 Å². The molecule has 39 heavy (non-hydrogen) atoms. The minimum absolute atomic E-state index is 0.120. The normalized spacial score (nSPS) is 21.7. The summed E-state index contributed by atoms with van der Waals surface area (Å²) in [6, 6.07) is 9.16. The number of alkyl halides is 5. The Morgan fingerprint density at radius 3 is 2.59 bits per heavy atom. The van der Waals surface area contributed by atoms with Crippen LogP contribution < -0.4 is 20.7 Å². The van der Waals surface area contributed by atoms with Gasteiger partial charge < -0.3 is 25.3 Å². The molecule has 2 atom stereocenters. The second-order valence-electron chi connectivity index (χ2n) is 8.81. The standard InChI is InChI=1S/C24H21F5N8O2/c1-30-19-23(10-12-5-7-13(8-6-12)17-32-15(11-37(17)2)24(27,28)29)20(35-22(38)36-23)34-16(33-19)14-4-3-9-31-18(14)39-21(25)26/h3-9,11,20-21H,10H2,1-2H3,(H,30,33,34)(H2,35,36,38). The Morgan fingerprint density at radius 1 is 1.21 bits per heavy atom. The van der Waals surface area contributed by atoms with Crippen molar-refractivity contribution in [2.75, 3.05) is 7.05 Å². The van der Waals surface area contributed by atoms with Crippen molar-refractivity contribution in [2.45, 2.75) is 30.9 Å². The van der Waals surface area contributed by atoms with Crippen molar-refractivity contribution in [3.05, 3.63) is 65.6 Å². The molecule has 2 unspecified atom stereocenters. The van der Waals surface area contributed by atoms with E-state index in [-0.39, 0.29) is 29.5 Å². The molecule has 0 bridgehead atoms. The summed E-state index contributed by atoms with van der Waals surface area (Å²) < 4.78 is 70.9. The minimum Gasteiger partial charge on any atom is -0.416 e. The van der Waals surface area contributed by atoms with Crippen molar-refractivity contribution in [3.63, 3.8) is 0 Å². The predicted octanol–water partition coefficient (Wildman–Crippen LogP) is 3.10. The fourth-order valence-electron chi connectivity index (χ4n) is 4.60. The van der Waals surface area contributed by atoms with E-state index in [0.29, 0.717) is 17.0 Å². The van der Waals surface area contributed by atoms with E-state index in [1.807, 2.05) is 0 Å². The number of urea groups is 1. The van der Waals surface area contributed by atoms with Crippen LogP contribution in [0, 0.1) is 0 Å². The van der Waals surface area contributed by atoms with Crippen molar-refractivity contribution in [2.24, 2.45) is 17.0 Å². The molecule has 15 heteroatoms. The van der Waals surface area contributed by atoms with Crippen LogP contribution in [0.25, 0.3) is 11.4 Å². The lowest BCUT2D eigenvalue weighted by Crippen LogP contribution is -2.65. The van der Waals surface area contributed by atoms with Gasteiger partial charge in [-0.05, 0) is 17.7 Å². The van der Waals surface area contributed by atoms with Gasteiger partial charge in [-0.25, -0.2) is 19.8 Å².